The molecule has 1 N–H and O–H groups in total. The molecule has 14 heteroatoms. The lowest BCUT2D eigenvalue weighted by Crippen LogP contribution is -2.29. The van der Waals surface area contributed by atoms with E-state index in [2.05, 4.69) is 25.1 Å². The van der Waals surface area contributed by atoms with Gasteiger partial charge in [-0.05, 0) is 37.3 Å². The van der Waals surface area contributed by atoms with Gasteiger partial charge in [0.1, 0.15) is 18.1 Å². The van der Waals surface area contributed by atoms with E-state index in [4.69, 9.17) is 5.26 Å². The van der Waals surface area contributed by atoms with Crippen LogP contribution in [-0.4, -0.2) is 32.0 Å². The van der Waals surface area contributed by atoms with Crippen molar-refractivity contribution in [3.8, 4) is 17.6 Å². The minimum Gasteiger partial charge on any atom is -0.406 e. The third-order valence-electron chi connectivity index (χ3n) is 4.13. The molecule has 0 bridgehead atoms. The summed E-state index contributed by atoms with van der Waals surface area (Å²) < 4.78 is 81.6. The summed E-state index contributed by atoms with van der Waals surface area (Å²) in [6.45, 7) is 1.43. The predicted octanol–water partition coefficient (Wildman–Crippen LogP) is 3.94. The molecule has 1 amide bonds. The molecular weight excluding hydrogens is 458 g/mol. The maximum absolute atomic E-state index is 13.1. The molecule has 0 saturated carbocycles. The molecular formula is C19H12F6N6O2. The van der Waals surface area contributed by atoms with Crippen LogP contribution in [0.25, 0.3) is 5.82 Å². The zero-order valence-corrected chi connectivity index (χ0v) is 16.4. The molecule has 3 rings (SSSR count). The fraction of sp³-hybridized carbons (Fsp3) is 0.211. The first-order valence-corrected chi connectivity index (χ1v) is 8.93. The number of nitriles is 1. The molecule has 0 radical (unpaired) electrons. The van der Waals surface area contributed by atoms with E-state index in [0.29, 0.717) is 12.1 Å². The molecule has 172 valence electrons. The van der Waals surface area contributed by atoms with Gasteiger partial charge in [0.25, 0.3) is 5.91 Å². The van der Waals surface area contributed by atoms with Gasteiger partial charge in [0.15, 0.2) is 11.6 Å². The minimum absolute atomic E-state index is 0.124. The molecule has 0 fully saturated rings. The van der Waals surface area contributed by atoms with E-state index >= 15 is 0 Å². The van der Waals surface area contributed by atoms with Gasteiger partial charge in [-0.3, -0.25) is 4.79 Å². The Morgan fingerprint density at radius 1 is 1.15 bits per heavy atom. The molecule has 1 aromatic carbocycles. The number of hydrogen-bond donors (Lipinski definition) is 1. The van der Waals surface area contributed by atoms with Gasteiger partial charge in [0.05, 0.1) is 17.2 Å². The molecule has 8 nitrogen and oxygen atoms in total. The number of nitrogens with zero attached hydrogens (tertiary/aromatic N) is 5. The van der Waals surface area contributed by atoms with Crippen LogP contribution in [0.3, 0.4) is 0 Å². The van der Waals surface area contributed by atoms with Crippen molar-refractivity contribution in [1.82, 2.24) is 25.1 Å². The smallest absolute Gasteiger partial charge is 0.406 e. The number of carbonyl (C=O) groups is 1. The summed E-state index contributed by atoms with van der Waals surface area (Å²) in [5.41, 5.74) is -1.92. The number of amides is 1. The maximum atomic E-state index is 13.1. The van der Waals surface area contributed by atoms with E-state index in [1.165, 1.54) is 29.9 Å². The summed E-state index contributed by atoms with van der Waals surface area (Å²) in [4.78, 5) is 20.6. The van der Waals surface area contributed by atoms with Crippen molar-refractivity contribution in [2.45, 2.75) is 25.5 Å². The lowest BCUT2D eigenvalue weighted by atomic mass is 10.1. The highest BCUT2D eigenvalue weighted by atomic mass is 19.4. The molecule has 1 unspecified atom stereocenters. The number of ether oxygens (including phenoxy) is 1. The number of rotatable bonds is 5. The third-order valence-corrected chi connectivity index (χ3v) is 4.13. The average Bonchev–Trinajstić information content (AvgIpc) is 3.21. The van der Waals surface area contributed by atoms with Crippen molar-refractivity contribution in [3.05, 3.63) is 65.4 Å². The predicted molar refractivity (Wildman–Crippen MR) is 97.9 cm³/mol. The topological polar surface area (TPSA) is 106 Å². The highest BCUT2D eigenvalue weighted by Gasteiger charge is 2.35. The van der Waals surface area contributed by atoms with Crippen molar-refractivity contribution in [3.63, 3.8) is 0 Å². The van der Waals surface area contributed by atoms with Gasteiger partial charge in [-0.15, -0.1) is 13.2 Å². The van der Waals surface area contributed by atoms with Gasteiger partial charge >= 0.3 is 12.5 Å². The van der Waals surface area contributed by atoms with E-state index in [1.807, 2.05) is 6.07 Å². The van der Waals surface area contributed by atoms with Gasteiger partial charge < -0.3 is 10.1 Å². The van der Waals surface area contributed by atoms with Gasteiger partial charge in [0, 0.05) is 11.8 Å². The number of nitrogens with one attached hydrogen (secondary N) is 1. The Morgan fingerprint density at radius 2 is 1.88 bits per heavy atom. The van der Waals surface area contributed by atoms with Gasteiger partial charge in [-0.2, -0.15) is 28.2 Å². The van der Waals surface area contributed by atoms with Crippen LogP contribution in [0.2, 0.25) is 0 Å². The second-order valence-corrected chi connectivity index (χ2v) is 6.53. The van der Waals surface area contributed by atoms with Crippen LogP contribution in [0.5, 0.6) is 5.75 Å². The maximum Gasteiger partial charge on any atom is 0.573 e. The molecule has 0 aliphatic carbocycles. The summed E-state index contributed by atoms with van der Waals surface area (Å²) in [6.07, 6.45) is -7.87. The van der Waals surface area contributed by atoms with E-state index < -0.39 is 41.4 Å². The second kappa shape index (κ2) is 8.77. The summed E-state index contributed by atoms with van der Waals surface area (Å²) >= 11 is 0. The van der Waals surface area contributed by atoms with Crippen LogP contribution >= 0.6 is 0 Å². The van der Waals surface area contributed by atoms with E-state index in [0.717, 1.165) is 6.33 Å². The number of hydrogen-bond acceptors (Lipinski definition) is 6. The summed E-state index contributed by atoms with van der Waals surface area (Å²) in [5, 5.41) is 15.2. The molecule has 33 heavy (non-hydrogen) atoms. The largest absolute Gasteiger partial charge is 0.573 e. The van der Waals surface area contributed by atoms with Crippen LogP contribution in [0.1, 0.15) is 40.3 Å². The van der Waals surface area contributed by atoms with Gasteiger partial charge in [0.2, 0.25) is 0 Å². The fourth-order valence-corrected chi connectivity index (χ4v) is 2.73. The Balaban J connectivity index is 1.88. The van der Waals surface area contributed by atoms with Crippen molar-refractivity contribution >= 4 is 5.91 Å². The zero-order chi connectivity index (χ0) is 24.4. The molecule has 0 spiro atoms. The highest BCUT2D eigenvalue weighted by Crippen LogP contribution is 2.34. The summed E-state index contributed by atoms with van der Waals surface area (Å²) in [7, 11) is 0. The molecule has 0 aliphatic rings. The zero-order valence-electron chi connectivity index (χ0n) is 16.4. The lowest BCUT2D eigenvalue weighted by molar-refractivity contribution is -0.274. The number of pyridine rings is 1. The Bertz CT molecular complexity index is 1200. The highest BCUT2D eigenvalue weighted by molar-refractivity contribution is 5.95. The van der Waals surface area contributed by atoms with Crippen LogP contribution in [0, 0.1) is 11.3 Å². The van der Waals surface area contributed by atoms with Crippen LogP contribution in [0.4, 0.5) is 26.3 Å². The molecule has 0 aliphatic heterocycles. The number of aromatic nitrogens is 4. The van der Waals surface area contributed by atoms with E-state index in [1.54, 1.807) is 0 Å². The van der Waals surface area contributed by atoms with Crippen molar-refractivity contribution in [2.75, 3.05) is 0 Å². The normalized spacial score (nSPS) is 12.7. The second-order valence-electron chi connectivity index (χ2n) is 6.53. The Hall–Kier alpha value is -4.15. The Morgan fingerprint density at radius 3 is 2.45 bits per heavy atom. The summed E-state index contributed by atoms with van der Waals surface area (Å²) in [6, 6.07) is 4.94. The first-order valence-electron chi connectivity index (χ1n) is 8.93. The van der Waals surface area contributed by atoms with E-state index in [9.17, 15) is 31.1 Å². The standard InChI is InChI=1S/C19H12F6N6O2/c1-10(16-28-9-29-31(16)15-3-2-11(7-26)8-27-15)30-17(32)12-4-13(18(20,21)22)6-14(5-12)33-19(23,24)25/h2-6,8-10H,1H3,(H,30,32). The number of halogens is 6. The Kier molecular flexibility index (Phi) is 6.25. The van der Waals surface area contributed by atoms with Crippen LogP contribution in [-0.2, 0) is 6.18 Å². The van der Waals surface area contributed by atoms with E-state index in [-0.39, 0.29) is 23.3 Å². The fourth-order valence-electron chi connectivity index (χ4n) is 2.73. The monoisotopic (exact) mass is 470 g/mol. The quantitative estimate of drug-likeness (QED) is 0.567. The first kappa shape index (κ1) is 23.5. The Labute approximate surface area is 181 Å². The minimum atomic E-state index is -5.25. The van der Waals surface area contributed by atoms with Crippen molar-refractivity contribution < 1.29 is 35.9 Å². The number of alkyl halides is 6. The summed E-state index contributed by atoms with van der Waals surface area (Å²) in [5.74, 6) is -1.94. The molecule has 2 heterocycles. The molecule has 3 aromatic rings. The average molecular weight is 470 g/mol. The molecule has 0 saturated heterocycles. The third kappa shape index (κ3) is 5.76. The van der Waals surface area contributed by atoms with Gasteiger partial charge in [-0.1, -0.05) is 0 Å². The number of benzene rings is 1. The number of carbonyl (C=O) groups excluding carboxylic acids is 1. The molecule has 2 aromatic heterocycles. The SMILES string of the molecule is CC(NC(=O)c1cc(OC(F)(F)F)cc(C(F)(F)F)c1)c1ncnn1-c1ccc(C#N)cn1. The van der Waals surface area contributed by atoms with Crippen molar-refractivity contribution in [1.29, 1.82) is 5.26 Å². The lowest BCUT2D eigenvalue weighted by Gasteiger charge is -2.17. The molecule has 1 atom stereocenters. The first-order chi connectivity index (χ1) is 15.4. The van der Waals surface area contributed by atoms with Crippen molar-refractivity contribution in [2.24, 2.45) is 0 Å². The van der Waals surface area contributed by atoms with Gasteiger partial charge in [-0.25, -0.2) is 9.97 Å². The van der Waals surface area contributed by atoms with Crippen LogP contribution < -0.4 is 10.1 Å². The van der Waals surface area contributed by atoms with Crippen LogP contribution in [0.15, 0.2) is 42.9 Å².